The molecule has 2 fully saturated rings. The Bertz CT molecular complexity index is 1900. The Hall–Kier alpha value is -4.06. The zero-order chi connectivity index (χ0) is 28.6. The van der Waals surface area contributed by atoms with Gasteiger partial charge in [0.25, 0.3) is 0 Å². The zero-order valence-corrected chi connectivity index (χ0v) is 23.1. The van der Waals surface area contributed by atoms with Crippen molar-refractivity contribution in [3.8, 4) is 11.1 Å². The Labute approximate surface area is 235 Å². The van der Waals surface area contributed by atoms with Gasteiger partial charge in [-0.3, -0.25) is 4.79 Å². The van der Waals surface area contributed by atoms with Crippen molar-refractivity contribution in [3.05, 3.63) is 58.4 Å². The number of piperidine rings is 1. The number of pyridine rings is 3. The van der Waals surface area contributed by atoms with Crippen LogP contribution in [-0.4, -0.2) is 74.4 Å². The van der Waals surface area contributed by atoms with Crippen LogP contribution in [0.25, 0.3) is 44.1 Å². The minimum Gasteiger partial charge on any atom is -0.386 e. The number of aromatic nitrogens is 4. The average Bonchev–Trinajstić information content (AvgIpc) is 3.53. The third kappa shape index (κ3) is 3.98. The smallest absolute Gasteiger partial charge is 0.199 e. The lowest BCUT2D eigenvalue weighted by atomic mass is 9.90. The van der Waals surface area contributed by atoms with Crippen LogP contribution in [0.3, 0.4) is 0 Å². The number of hydrogen-bond acceptors (Lipinski definition) is 8. The van der Waals surface area contributed by atoms with Gasteiger partial charge in [-0.25, -0.2) is 14.4 Å². The Kier molecular flexibility index (Phi) is 6.00. The molecule has 0 radical (unpaired) electrons. The summed E-state index contributed by atoms with van der Waals surface area (Å²) in [7, 11) is 5.65. The van der Waals surface area contributed by atoms with E-state index in [-0.39, 0.29) is 16.8 Å². The summed E-state index contributed by atoms with van der Waals surface area (Å²) in [5, 5.41) is 24.5. The van der Waals surface area contributed by atoms with Crippen LogP contribution >= 0.6 is 0 Å². The van der Waals surface area contributed by atoms with E-state index in [2.05, 4.69) is 32.1 Å². The molecule has 6 heterocycles. The van der Waals surface area contributed by atoms with Gasteiger partial charge in [0.05, 0.1) is 33.2 Å². The summed E-state index contributed by atoms with van der Waals surface area (Å²) in [6, 6.07) is 5.16. The number of rotatable bonds is 4. The quantitative estimate of drug-likeness (QED) is 0.248. The predicted molar refractivity (Wildman–Crippen MR) is 158 cm³/mol. The molecule has 0 bridgehead atoms. The van der Waals surface area contributed by atoms with Gasteiger partial charge < -0.3 is 34.9 Å². The fourth-order valence-corrected chi connectivity index (χ4v) is 6.92. The molecule has 2 atom stereocenters. The maximum atomic E-state index is 14.9. The molecule has 5 aromatic rings. The summed E-state index contributed by atoms with van der Waals surface area (Å²) in [5.74, 6) is 0.293. The molecule has 2 aliphatic heterocycles. The predicted octanol–water partition coefficient (Wildman–Crippen LogP) is 3.32. The van der Waals surface area contributed by atoms with Crippen molar-refractivity contribution >= 4 is 44.3 Å². The van der Waals surface area contributed by atoms with Crippen molar-refractivity contribution in [3.63, 3.8) is 0 Å². The molecule has 10 nitrogen and oxygen atoms in total. The average molecular weight is 558 g/mol. The van der Waals surface area contributed by atoms with E-state index in [1.165, 1.54) is 18.7 Å². The number of aryl methyl sites for hydroxylation is 1. The van der Waals surface area contributed by atoms with E-state index in [4.69, 9.17) is 4.98 Å². The lowest BCUT2D eigenvalue weighted by molar-refractivity contribution is -0.0435. The van der Waals surface area contributed by atoms with Crippen LogP contribution in [-0.2, 0) is 7.05 Å². The third-order valence-electron chi connectivity index (χ3n) is 9.02. The van der Waals surface area contributed by atoms with E-state index in [1.54, 1.807) is 43.2 Å². The Balaban J connectivity index is 1.51. The molecular weight excluding hydrogens is 525 g/mol. The second kappa shape index (κ2) is 9.51. The fraction of sp³-hybridized carbons (Fsp3) is 0.367. The number of likely N-dealkylation sites (N-methyl/N-ethyl adjacent to an activating group) is 1. The topological polar surface area (TPSA) is 123 Å². The first kappa shape index (κ1) is 25.9. The number of aliphatic hydroxyl groups excluding tert-OH is 1. The van der Waals surface area contributed by atoms with Gasteiger partial charge in [-0.2, -0.15) is 0 Å². The maximum absolute atomic E-state index is 14.9. The summed E-state index contributed by atoms with van der Waals surface area (Å²) >= 11 is 0. The summed E-state index contributed by atoms with van der Waals surface area (Å²) in [4.78, 5) is 30.8. The second-order valence-electron chi connectivity index (χ2n) is 11.3. The van der Waals surface area contributed by atoms with Gasteiger partial charge in [-0.15, -0.1) is 0 Å². The number of aliphatic hydroxyl groups is 2. The normalized spacial score (nSPS) is 19.6. The van der Waals surface area contributed by atoms with Crippen LogP contribution in [0.5, 0.6) is 0 Å². The third-order valence-corrected chi connectivity index (χ3v) is 9.02. The van der Waals surface area contributed by atoms with Crippen molar-refractivity contribution < 1.29 is 14.6 Å². The molecule has 0 aliphatic carbocycles. The number of aromatic amines is 1. The first-order chi connectivity index (χ1) is 19.7. The molecule has 7 rings (SSSR count). The number of fused-ring (bicyclic) bond motifs is 5. The number of nitrogens with one attached hydrogen (secondary N) is 2. The molecule has 4 aromatic heterocycles. The molecule has 1 aromatic carbocycles. The van der Waals surface area contributed by atoms with E-state index in [0.29, 0.717) is 34.5 Å². The molecule has 0 spiro atoms. The first-order valence-electron chi connectivity index (χ1n) is 13.9. The molecule has 4 N–H and O–H groups in total. The molecule has 0 saturated carbocycles. The van der Waals surface area contributed by atoms with E-state index in [1.807, 2.05) is 0 Å². The van der Waals surface area contributed by atoms with Gasteiger partial charge in [-0.1, -0.05) is 0 Å². The molecule has 2 saturated heterocycles. The number of likely N-dealkylation sites (tertiary alicyclic amines) is 1. The molecule has 212 valence electrons. The SMILES string of the molecule is CNc1cc(F)cc2c1[nH]c1ncc(-c3cnc4c(c3)c(=O)c(C(O)O)cn4C)c(N3CC[C@H]4CCN(C)[C@H]4C3)c12. The van der Waals surface area contributed by atoms with E-state index >= 15 is 0 Å². The molecule has 41 heavy (non-hydrogen) atoms. The highest BCUT2D eigenvalue weighted by Gasteiger charge is 2.38. The van der Waals surface area contributed by atoms with Crippen molar-refractivity contribution in [1.29, 1.82) is 0 Å². The number of nitrogens with zero attached hydrogens (tertiary/aromatic N) is 5. The molecule has 2 aliphatic rings. The van der Waals surface area contributed by atoms with Crippen molar-refractivity contribution in [1.82, 2.24) is 24.4 Å². The van der Waals surface area contributed by atoms with E-state index in [0.717, 1.165) is 53.6 Å². The van der Waals surface area contributed by atoms with E-state index in [9.17, 15) is 19.4 Å². The van der Waals surface area contributed by atoms with Crippen LogP contribution in [0, 0.1) is 11.7 Å². The Morgan fingerprint density at radius 1 is 1.10 bits per heavy atom. The number of halogens is 1. The zero-order valence-electron chi connectivity index (χ0n) is 23.1. The summed E-state index contributed by atoms with van der Waals surface area (Å²) in [6.45, 7) is 2.73. The summed E-state index contributed by atoms with van der Waals surface area (Å²) in [5.41, 5.74) is 4.26. The van der Waals surface area contributed by atoms with Gasteiger partial charge in [0.1, 0.15) is 17.1 Å². The van der Waals surface area contributed by atoms with Gasteiger partial charge in [0.15, 0.2) is 11.7 Å². The van der Waals surface area contributed by atoms with Crippen molar-refractivity contribution in [2.45, 2.75) is 25.2 Å². The van der Waals surface area contributed by atoms with Crippen LogP contribution < -0.4 is 15.6 Å². The van der Waals surface area contributed by atoms with Gasteiger partial charge in [0, 0.05) is 68.3 Å². The van der Waals surface area contributed by atoms with Gasteiger partial charge in [0.2, 0.25) is 0 Å². The van der Waals surface area contributed by atoms with Crippen LogP contribution in [0.15, 0.2) is 41.6 Å². The number of hydrogen-bond donors (Lipinski definition) is 4. The summed E-state index contributed by atoms with van der Waals surface area (Å²) in [6.07, 6.45) is 5.22. The number of benzene rings is 1. The Morgan fingerprint density at radius 3 is 2.68 bits per heavy atom. The number of anilines is 2. The lowest BCUT2D eigenvalue weighted by Crippen LogP contribution is -2.47. The fourth-order valence-electron chi connectivity index (χ4n) is 6.92. The second-order valence-corrected chi connectivity index (χ2v) is 11.3. The lowest BCUT2D eigenvalue weighted by Gasteiger charge is -2.39. The van der Waals surface area contributed by atoms with Gasteiger partial charge in [-0.05, 0) is 50.6 Å². The highest BCUT2D eigenvalue weighted by atomic mass is 19.1. The minimum absolute atomic E-state index is 0.120. The number of H-pyrrole nitrogens is 1. The molecular formula is C30H32FN7O3. The van der Waals surface area contributed by atoms with Crippen LogP contribution in [0.2, 0.25) is 0 Å². The van der Waals surface area contributed by atoms with Crippen molar-refractivity contribution in [2.75, 3.05) is 43.9 Å². The Morgan fingerprint density at radius 2 is 1.90 bits per heavy atom. The first-order valence-corrected chi connectivity index (χ1v) is 13.9. The van der Waals surface area contributed by atoms with Crippen molar-refractivity contribution in [2.24, 2.45) is 13.0 Å². The van der Waals surface area contributed by atoms with Crippen LogP contribution in [0.4, 0.5) is 15.8 Å². The molecule has 0 amide bonds. The summed E-state index contributed by atoms with van der Waals surface area (Å²) < 4.78 is 16.5. The highest BCUT2D eigenvalue weighted by molar-refractivity contribution is 6.17. The van der Waals surface area contributed by atoms with Gasteiger partial charge >= 0.3 is 0 Å². The maximum Gasteiger partial charge on any atom is 0.199 e. The molecule has 0 unspecified atom stereocenters. The van der Waals surface area contributed by atoms with E-state index < -0.39 is 11.7 Å². The standard InChI is InChI=1S/C30H32FN7O3/c1-32-22-10-17(31)9-18-24-26(38-7-5-15-4-6-36(2)23(15)14-38)20(12-33-28(24)35-25(18)22)16-8-19-27(39)21(30(40)41)13-37(3)29(19)34-11-16/h8-13,15,23,30,32,40-41H,4-7,14H2,1-3H3,(H,33,35)/t15-,23+/m1/s1. The largest absolute Gasteiger partial charge is 0.386 e. The molecule has 11 heteroatoms. The highest BCUT2D eigenvalue weighted by Crippen LogP contribution is 2.44. The van der Waals surface area contributed by atoms with Crippen LogP contribution in [0.1, 0.15) is 24.7 Å². The monoisotopic (exact) mass is 557 g/mol. The minimum atomic E-state index is -1.90.